The molecule has 1 atom stereocenters. The van der Waals surface area contributed by atoms with Gasteiger partial charge in [-0.15, -0.1) is 0 Å². The van der Waals surface area contributed by atoms with Crippen LogP contribution in [0.15, 0.2) is 45.6 Å². The molecule has 0 aliphatic carbocycles. The Hall–Kier alpha value is -2.70. The van der Waals surface area contributed by atoms with Gasteiger partial charge in [-0.25, -0.2) is 18.8 Å². The number of nitrogens with zero attached hydrogens (tertiary/aromatic N) is 4. The Morgan fingerprint density at radius 2 is 1.95 bits per heavy atom. The monoisotopic (exact) mass is 286 g/mol. The SMILES string of the molecule is CC1=CC(c2ccccn2)n2c(=O)n(C)c(=O)n2C(=O)C1. The van der Waals surface area contributed by atoms with Crippen molar-refractivity contribution < 1.29 is 4.79 Å². The highest BCUT2D eigenvalue weighted by atomic mass is 16.2. The first-order chi connectivity index (χ1) is 10.0. The minimum Gasteiger partial charge on any atom is -0.272 e. The molecule has 0 aromatic carbocycles. The predicted molar refractivity (Wildman–Crippen MR) is 75.3 cm³/mol. The Kier molecular flexibility index (Phi) is 2.97. The van der Waals surface area contributed by atoms with Gasteiger partial charge in [-0.2, -0.15) is 4.68 Å². The summed E-state index contributed by atoms with van der Waals surface area (Å²) >= 11 is 0. The lowest BCUT2D eigenvalue weighted by Crippen LogP contribution is -2.33. The van der Waals surface area contributed by atoms with E-state index in [9.17, 15) is 14.4 Å². The third-order valence-corrected chi connectivity index (χ3v) is 3.53. The van der Waals surface area contributed by atoms with Crippen LogP contribution in [0, 0.1) is 0 Å². The first-order valence-corrected chi connectivity index (χ1v) is 6.52. The summed E-state index contributed by atoms with van der Waals surface area (Å²) in [6.45, 7) is 1.80. The molecule has 1 aliphatic heterocycles. The molecule has 2 aromatic heterocycles. The zero-order chi connectivity index (χ0) is 15.1. The summed E-state index contributed by atoms with van der Waals surface area (Å²) in [5.74, 6) is -0.412. The van der Waals surface area contributed by atoms with Crippen LogP contribution in [0.25, 0.3) is 0 Å². The number of hydrogen-bond donors (Lipinski definition) is 0. The largest absolute Gasteiger partial charge is 0.354 e. The van der Waals surface area contributed by atoms with E-state index in [0.29, 0.717) is 5.69 Å². The average Bonchev–Trinajstić information content (AvgIpc) is 2.62. The highest BCUT2D eigenvalue weighted by molar-refractivity contribution is 5.80. The van der Waals surface area contributed by atoms with Gasteiger partial charge in [-0.3, -0.25) is 9.78 Å². The van der Waals surface area contributed by atoms with Crippen LogP contribution in [0.3, 0.4) is 0 Å². The van der Waals surface area contributed by atoms with Crippen molar-refractivity contribution in [3.8, 4) is 0 Å². The fourth-order valence-corrected chi connectivity index (χ4v) is 2.50. The average molecular weight is 286 g/mol. The fraction of sp³-hybridized carbons (Fsp3) is 0.286. The normalized spacial score (nSPS) is 18.1. The van der Waals surface area contributed by atoms with Crippen molar-refractivity contribution >= 4 is 5.91 Å². The molecule has 7 nitrogen and oxygen atoms in total. The molecule has 0 amide bonds. The molecule has 108 valence electrons. The van der Waals surface area contributed by atoms with Crippen LogP contribution in [-0.2, 0) is 7.05 Å². The van der Waals surface area contributed by atoms with E-state index < -0.39 is 23.3 Å². The number of carbonyl (C=O) groups excluding carboxylic acids is 1. The maximum absolute atomic E-state index is 12.3. The number of carbonyl (C=O) groups is 1. The van der Waals surface area contributed by atoms with E-state index in [1.165, 1.54) is 11.7 Å². The molecule has 0 saturated heterocycles. The van der Waals surface area contributed by atoms with Crippen molar-refractivity contribution in [1.82, 2.24) is 18.9 Å². The highest BCUT2D eigenvalue weighted by Gasteiger charge is 2.28. The fourth-order valence-electron chi connectivity index (χ4n) is 2.50. The van der Waals surface area contributed by atoms with Gasteiger partial charge in [0.1, 0.15) is 6.04 Å². The first-order valence-electron chi connectivity index (χ1n) is 6.52. The van der Waals surface area contributed by atoms with E-state index in [2.05, 4.69) is 4.98 Å². The number of rotatable bonds is 1. The van der Waals surface area contributed by atoms with E-state index in [0.717, 1.165) is 14.8 Å². The van der Waals surface area contributed by atoms with Gasteiger partial charge in [0.15, 0.2) is 0 Å². The summed E-state index contributed by atoms with van der Waals surface area (Å²) in [5.41, 5.74) is 0.241. The molecule has 2 aromatic rings. The van der Waals surface area contributed by atoms with Crippen LogP contribution in [0.1, 0.15) is 29.9 Å². The molecule has 7 heteroatoms. The lowest BCUT2D eigenvalue weighted by molar-refractivity contribution is 0.0876. The summed E-state index contributed by atoms with van der Waals surface area (Å²) < 4.78 is 3.01. The maximum Gasteiger partial charge on any atom is 0.354 e. The molecule has 0 N–H and O–H groups in total. The highest BCUT2D eigenvalue weighted by Crippen LogP contribution is 2.21. The van der Waals surface area contributed by atoms with Crippen molar-refractivity contribution in [2.75, 3.05) is 0 Å². The molecule has 3 rings (SSSR count). The van der Waals surface area contributed by atoms with Gasteiger partial charge < -0.3 is 0 Å². The van der Waals surface area contributed by atoms with E-state index in [1.807, 2.05) is 0 Å². The van der Waals surface area contributed by atoms with E-state index in [-0.39, 0.29) is 6.42 Å². The molecule has 21 heavy (non-hydrogen) atoms. The molecule has 1 unspecified atom stereocenters. The molecule has 0 fully saturated rings. The molecule has 0 saturated carbocycles. The zero-order valence-electron chi connectivity index (χ0n) is 11.7. The van der Waals surface area contributed by atoms with Gasteiger partial charge in [-0.1, -0.05) is 17.7 Å². The van der Waals surface area contributed by atoms with Crippen LogP contribution >= 0.6 is 0 Å². The van der Waals surface area contributed by atoms with Gasteiger partial charge in [0, 0.05) is 19.7 Å². The molecule has 0 spiro atoms. The van der Waals surface area contributed by atoms with Crippen LogP contribution in [0.5, 0.6) is 0 Å². The van der Waals surface area contributed by atoms with Crippen LogP contribution in [-0.4, -0.2) is 24.8 Å². The summed E-state index contributed by atoms with van der Waals surface area (Å²) in [6, 6.07) is 4.76. The van der Waals surface area contributed by atoms with Crippen LogP contribution < -0.4 is 11.4 Å². The second-order valence-corrected chi connectivity index (χ2v) is 5.06. The molecular weight excluding hydrogens is 272 g/mol. The third-order valence-electron chi connectivity index (χ3n) is 3.53. The van der Waals surface area contributed by atoms with Crippen molar-refractivity contribution in [2.45, 2.75) is 19.4 Å². The van der Waals surface area contributed by atoms with E-state index in [4.69, 9.17) is 0 Å². The van der Waals surface area contributed by atoms with Gasteiger partial charge in [0.05, 0.1) is 5.69 Å². The van der Waals surface area contributed by atoms with Crippen LogP contribution in [0.2, 0.25) is 0 Å². The van der Waals surface area contributed by atoms with Gasteiger partial charge >= 0.3 is 11.4 Å². The number of allylic oxidation sites excluding steroid dienone is 2. The number of hydrogen-bond acceptors (Lipinski definition) is 4. The summed E-state index contributed by atoms with van der Waals surface area (Å²) in [5, 5.41) is 0. The lowest BCUT2D eigenvalue weighted by atomic mass is 10.1. The second-order valence-electron chi connectivity index (χ2n) is 5.06. The van der Waals surface area contributed by atoms with Gasteiger partial charge in [-0.05, 0) is 19.1 Å². The van der Waals surface area contributed by atoms with E-state index in [1.54, 1.807) is 37.4 Å². The number of aromatic nitrogens is 4. The minimum atomic E-state index is -0.631. The Morgan fingerprint density at radius 1 is 1.19 bits per heavy atom. The molecule has 0 bridgehead atoms. The smallest absolute Gasteiger partial charge is 0.272 e. The Bertz CT molecular complexity index is 855. The Morgan fingerprint density at radius 3 is 2.62 bits per heavy atom. The van der Waals surface area contributed by atoms with Crippen LogP contribution in [0.4, 0.5) is 0 Å². The summed E-state index contributed by atoms with van der Waals surface area (Å²) in [4.78, 5) is 40.9. The van der Waals surface area contributed by atoms with E-state index >= 15 is 0 Å². The van der Waals surface area contributed by atoms with Crippen molar-refractivity contribution in [2.24, 2.45) is 7.05 Å². The topological polar surface area (TPSA) is 78.9 Å². The minimum absolute atomic E-state index is 0.104. The second kappa shape index (κ2) is 4.69. The zero-order valence-corrected chi connectivity index (χ0v) is 11.7. The third kappa shape index (κ3) is 1.97. The predicted octanol–water partition coefficient (Wildman–Crippen LogP) is 0.323. The quantitative estimate of drug-likeness (QED) is 0.707. The summed E-state index contributed by atoms with van der Waals surface area (Å²) in [7, 11) is 1.36. The molecule has 3 heterocycles. The molecule has 1 aliphatic rings. The van der Waals surface area contributed by atoms with Gasteiger partial charge in [0.2, 0.25) is 0 Å². The summed E-state index contributed by atoms with van der Waals surface area (Å²) in [6.07, 6.45) is 3.51. The lowest BCUT2D eigenvalue weighted by Gasteiger charge is -2.14. The van der Waals surface area contributed by atoms with Crippen molar-refractivity contribution in [3.63, 3.8) is 0 Å². The molecule has 0 radical (unpaired) electrons. The number of pyridine rings is 1. The van der Waals surface area contributed by atoms with Crippen molar-refractivity contribution in [1.29, 1.82) is 0 Å². The first kappa shape index (κ1) is 13.3. The molecular formula is C14H14N4O3. The maximum atomic E-state index is 12.3. The standard InChI is InChI=1S/C14H14N4O3/c1-9-7-11(10-5-3-4-6-15-10)17-13(20)16(2)14(21)18(17)12(19)8-9/h3-7,11H,8H2,1-2H3. The van der Waals surface area contributed by atoms with Crippen molar-refractivity contribution in [3.05, 3.63) is 62.7 Å². The Labute approximate surface area is 119 Å². The Balaban J connectivity index is 2.36. The van der Waals surface area contributed by atoms with Gasteiger partial charge in [0.25, 0.3) is 5.91 Å². The number of fused-ring (bicyclic) bond motifs is 1.